The molecule has 0 aliphatic heterocycles. The maximum atomic E-state index is 14.4. The molecule has 344 valence electrons. The number of guanidine groups is 1. The summed E-state index contributed by atoms with van der Waals surface area (Å²) in [5, 5.41) is 43.0. The van der Waals surface area contributed by atoms with Gasteiger partial charge in [0.05, 0.1) is 6.04 Å². The Kier molecular flexibility index (Phi) is 24.4. The lowest BCUT2D eigenvalue weighted by atomic mass is 10.0. The predicted octanol–water partition coefficient (Wildman–Crippen LogP) is -1.22. The molecule has 21 heteroatoms. The second-order valence-corrected chi connectivity index (χ2v) is 15.8. The average molecular weight is 888 g/mol. The molecule has 0 aromatic heterocycles. The van der Waals surface area contributed by atoms with Gasteiger partial charge in [0.2, 0.25) is 29.5 Å². The van der Waals surface area contributed by atoms with Crippen LogP contribution in [0.5, 0.6) is 11.5 Å². The summed E-state index contributed by atoms with van der Waals surface area (Å²) in [6.07, 6.45) is 4.49. The number of thioether (sulfide) groups is 1. The Balaban J connectivity index is 2.48. The Labute approximate surface area is 366 Å². The fourth-order valence-corrected chi connectivity index (χ4v) is 6.66. The van der Waals surface area contributed by atoms with Gasteiger partial charge in [-0.2, -0.15) is 11.8 Å². The first-order valence-electron chi connectivity index (χ1n) is 20.6. The Morgan fingerprint density at radius 3 is 1.39 bits per heavy atom. The normalized spacial score (nSPS) is 13.9. The quantitative estimate of drug-likeness (QED) is 0.0249. The molecule has 18 N–H and O–H groups in total. The summed E-state index contributed by atoms with van der Waals surface area (Å²) in [5.74, 6) is -4.60. The lowest BCUT2D eigenvalue weighted by molar-refractivity contribution is -0.142. The van der Waals surface area contributed by atoms with Crippen molar-refractivity contribution in [2.75, 3.05) is 31.6 Å². The molecule has 0 bridgehead atoms. The molecule has 2 aromatic rings. The van der Waals surface area contributed by atoms with Crippen molar-refractivity contribution in [1.29, 1.82) is 0 Å². The van der Waals surface area contributed by atoms with Crippen LogP contribution in [-0.2, 0) is 41.6 Å². The Hall–Kier alpha value is -5.64. The number of nitrogens with one attached hydrogen (secondary N) is 5. The number of phenolic OH excluding ortho intramolecular Hbond substituents is 2. The third kappa shape index (κ3) is 20.3. The van der Waals surface area contributed by atoms with Crippen molar-refractivity contribution in [2.24, 2.45) is 33.7 Å². The summed E-state index contributed by atoms with van der Waals surface area (Å²) in [4.78, 5) is 85.2. The van der Waals surface area contributed by atoms with Gasteiger partial charge in [-0.25, -0.2) is 4.79 Å². The highest BCUT2D eigenvalue weighted by molar-refractivity contribution is 7.98. The highest BCUT2D eigenvalue weighted by atomic mass is 32.2. The summed E-state index contributed by atoms with van der Waals surface area (Å²) >= 11 is 1.41. The fraction of sp³-hybridized carbons (Fsp3) is 0.537. The van der Waals surface area contributed by atoms with E-state index in [2.05, 4.69) is 31.6 Å². The molecule has 20 nitrogen and oxygen atoms in total. The van der Waals surface area contributed by atoms with Crippen LogP contribution in [0.2, 0.25) is 0 Å². The van der Waals surface area contributed by atoms with E-state index < -0.39 is 71.8 Å². The van der Waals surface area contributed by atoms with E-state index >= 15 is 0 Å². The van der Waals surface area contributed by atoms with E-state index in [-0.39, 0.29) is 62.5 Å². The van der Waals surface area contributed by atoms with Crippen molar-refractivity contribution < 1.29 is 44.1 Å². The number of nitrogens with zero attached hydrogens (tertiary/aromatic N) is 1. The average Bonchev–Trinajstić information content (AvgIpc) is 3.23. The smallest absolute Gasteiger partial charge is 0.326 e. The number of carbonyl (C=O) groups excluding carboxylic acids is 5. The van der Waals surface area contributed by atoms with Crippen molar-refractivity contribution in [3.05, 3.63) is 59.7 Å². The second-order valence-electron chi connectivity index (χ2n) is 14.8. The molecule has 62 heavy (non-hydrogen) atoms. The van der Waals surface area contributed by atoms with Crippen LogP contribution in [0.15, 0.2) is 53.5 Å². The van der Waals surface area contributed by atoms with E-state index in [1.54, 1.807) is 30.5 Å². The summed E-state index contributed by atoms with van der Waals surface area (Å²) in [5.41, 5.74) is 29.3. The lowest BCUT2D eigenvalue weighted by Crippen LogP contribution is -2.60. The largest absolute Gasteiger partial charge is 0.508 e. The number of aromatic hydroxyl groups is 2. The first-order valence-corrected chi connectivity index (χ1v) is 22.0. The van der Waals surface area contributed by atoms with Gasteiger partial charge in [-0.1, -0.05) is 24.3 Å². The molecule has 2 aromatic carbocycles. The van der Waals surface area contributed by atoms with Gasteiger partial charge in [0.25, 0.3) is 0 Å². The van der Waals surface area contributed by atoms with Crippen LogP contribution in [0.4, 0.5) is 0 Å². The maximum Gasteiger partial charge on any atom is 0.326 e. The highest BCUT2D eigenvalue weighted by Crippen LogP contribution is 2.15. The number of rotatable bonds is 30. The summed E-state index contributed by atoms with van der Waals surface area (Å²) in [6.45, 7) is 0.887. The molecular formula is C41H65N11O9S. The van der Waals surface area contributed by atoms with Gasteiger partial charge in [-0.3, -0.25) is 29.0 Å². The van der Waals surface area contributed by atoms with Gasteiger partial charge in [0.15, 0.2) is 5.96 Å². The van der Waals surface area contributed by atoms with Crippen LogP contribution in [0.3, 0.4) is 0 Å². The SMILES string of the molecule is CSCC[C@H](NC(=O)[C@H](CCCCN)NC(=O)[C@H](Cc1ccc(O)cc1)NC(=O)[C@H](Cc1ccc(O)cc1)NC(=O)[C@H](CCCCN)NC(=O)[C@@H](N)CCCN=C(N)N)C(=O)O. The second kappa shape index (κ2) is 28.8. The van der Waals surface area contributed by atoms with Crippen molar-refractivity contribution in [1.82, 2.24) is 26.6 Å². The molecule has 0 radical (unpaired) electrons. The van der Waals surface area contributed by atoms with Gasteiger partial charge in [-0.15, -0.1) is 0 Å². The van der Waals surface area contributed by atoms with Crippen LogP contribution < -0.4 is 55.3 Å². The molecule has 0 aliphatic rings. The zero-order chi connectivity index (χ0) is 46.0. The van der Waals surface area contributed by atoms with E-state index in [1.807, 2.05) is 0 Å². The zero-order valence-corrected chi connectivity index (χ0v) is 36.0. The predicted molar refractivity (Wildman–Crippen MR) is 238 cm³/mol. The fourth-order valence-electron chi connectivity index (χ4n) is 6.19. The Bertz CT molecular complexity index is 1750. The van der Waals surface area contributed by atoms with E-state index in [0.717, 1.165) is 0 Å². The number of hydrogen-bond donors (Lipinski definition) is 13. The summed E-state index contributed by atoms with van der Waals surface area (Å²) < 4.78 is 0. The Morgan fingerprint density at radius 2 is 0.984 bits per heavy atom. The number of aliphatic imine (C=N–C) groups is 1. The van der Waals surface area contributed by atoms with Crippen molar-refractivity contribution >= 4 is 53.2 Å². The van der Waals surface area contributed by atoms with Crippen LogP contribution >= 0.6 is 11.8 Å². The summed E-state index contributed by atoms with van der Waals surface area (Å²) in [7, 11) is 0. The minimum atomic E-state index is -1.36. The number of benzene rings is 2. The number of hydrogen-bond acceptors (Lipinski definition) is 13. The molecule has 6 atom stereocenters. The zero-order valence-electron chi connectivity index (χ0n) is 35.2. The molecule has 5 amide bonds. The van der Waals surface area contributed by atoms with Crippen molar-refractivity contribution in [3.63, 3.8) is 0 Å². The van der Waals surface area contributed by atoms with E-state index in [1.165, 1.54) is 36.0 Å². The van der Waals surface area contributed by atoms with Gasteiger partial charge >= 0.3 is 5.97 Å². The number of amides is 5. The number of nitrogens with two attached hydrogens (primary N) is 5. The lowest BCUT2D eigenvalue weighted by Gasteiger charge is -2.27. The minimum absolute atomic E-state index is 0.0364. The number of unbranched alkanes of at least 4 members (excludes halogenated alkanes) is 2. The van der Waals surface area contributed by atoms with Crippen LogP contribution in [0.1, 0.15) is 68.9 Å². The van der Waals surface area contributed by atoms with Gasteiger partial charge < -0.3 is 70.6 Å². The van der Waals surface area contributed by atoms with Gasteiger partial charge in [-0.05, 0) is 118 Å². The van der Waals surface area contributed by atoms with Crippen LogP contribution in [0, 0.1) is 0 Å². The van der Waals surface area contributed by atoms with Gasteiger partial charge in [0.1, 0.15) is 41.7 Å². The topological polar surface area (TPSA) is 366 Å². The molecule has 0 saturated carbocycles. The number of carbonyl (C=O) groups is 6. The first kappa shape index (κ1) is 52.5. The number of carboxylic acid groups (broad SMARTS) is 1. The maximum absolute atomic E-state index is 14.4. The Morgan fingerprint density at radius 1 is 0.581 bits per heavy atom. The number of carboxylic acids is 1. The minimum Gasteiger partial charge on any atom is -0.508 e. The first-order chi connectivity index (χ1) is 29.6. The molecule has 0 unspecified atom stereocenters. The molecule has 0 saturated heterocycles. The number of phenols is 2. The number of aliphatic carboxylic acids is 1. The molecule has 0 spiro atoms. The monoisotopic (exact) mass is 887 g/mol. The van der Waals surface area contributed by atoms with Gasteiger partial charge in [0, 0.05) is 19.4 Å². The highest BCUT2D eigenvalue weighted by Gasteiger charge is 2.33. The van der Waals surface area contributed by atoms with Crippen LogP contribution in [-0.4, -0.2) is 125 Å². The summed E-state index contributed by atoms with van der Waals surface area (Å²) in [6, 6.07) is 4.56. The standard InChI is InChI=1S/C41H65N11O9S/c1-62-22-18-32(40(60)61)50-36(56)31(9-3-5-20-43)49-38(58)33(23-25-10-14-27(53)15-11-25)52-39(59)34(24-26-12-16-28(54)17-13-26)51-37(57)30(8-2-4-19-42)48-35(55)29(44)7-6-21-47-41(45)46/h10-17,29-34,53-54H,2-9,18-24,42-44H2,1H3,(H,48,55)(H,49,58)(H,50,56)(H,51,57)(H,52,59)(H,60,61)(H4,45,46,47)/t29-,30-,31-,32-,33-,34-/m0/s1. The molecule has 0 fully saturated rings. The third-order valence-electron chi connectivity index (χ3n) is 9.71. The van der Waals surface area contributed by atoms with E-state index in [0.29, 0.717) is 62.1 Å². The van der Waals surface area contributed by atoms with E-state index in [9.17, 15) is 44.1 Å². The molecule has 2 rings (SSSR count). The molecule has 0 aliphatic carbocycles. The van der Waals surface area contributed by atoms with E-state index in [4.69, 9.17) is 28.7 Å². The molecule has 0 heterocycles. The third-order valence-corrected chi connectivity index (χ3v) is 10.4. The van der Waals surface area contributed by atoms with Crippen molar-refractivity contribution in [3.8, 4) is 11.5 Å². The molecular weight excluding hydrogens is 823 g/mol. The van der Waals surface area contributed by atoms with Crippen molar-refractivity contribution in [2.45, 2.75) is 107 Å². The van der Waals surface area contributed by atoms with Crippen LogP contribution in [0.25, 0.3) is 0 Å².